The largest absolute Gasteiger partial charge is 0.471 e. The van der Waals surface area contributed by atoms with Crippen LogP contribution in [0.3, 0.4) is 0 Å². The fourth-order valence-electron chi connectivity index (χ4n) is 4.79. The maximum atomic E-state index is 13.7. The Kier molecular flexibility index (Phi) is 17.1. The van der Waals surface area contributed by atoms with Crippen LogP contribution in [-0.2, 0) is 39.9 Å². The number of hydrogen-bond acceptors (Lipinski definition) is 14. The number of aromatic nitrogens is 4. The van der Waals surface area contributed by atoms with Gasteiger partial charge in [-0.05, 0) is 63.4 Å². The number of ketones is 1. The molecule has 2 aromatic heterocycles. The van der Waals surface area contributed by atoms with E-state index in [1.54, 1.807) is 20.8 Å². The number of anilines is 2. The van der Waals surface area contributed by atoms with Crippen LogP contribution in [0.25, 0.3) is 21.6 Å². The minimum Gasteiger partial charge on any atom is -0.458 e. The highest BCUT2D eigenvalue weighted by atomic mass is 19.4. The Hall–Kier alpha value is -5.70. The second-order valence-corrected chi connectivity index (χ2v) is 13.0. The average Bonchev–Trinajstić information content (AvgIpc) is 3.13. The van der Waals surface area contributed by atoms with E-state index in [-0.39, 0.29) is 72.3 Å². The first-order valence-electron chi connectivity index (χ1n) is 17.3. The number of fused-ring (bicyclic) bond motifs is 1. The maximum absolute atomic E-state index is 13.7. The molecule has 1 atom stereocenters. The van der Waals surface area contributed by atoms with Crippen LogP contribution in [0.2, 0.25) is 0 Å². The van der Waals surface area contributed by atoms with Crippen molar-refractivity contribution in [1.82, 2.24) is 25.3 Å². The van der Waals surface area contributed by atoms with Crippen LogP contribution in [0.15, 0.2) is 40.4 Å². The number of hydrogen-bond donors (Lipinski definition) is 3. The summed E-state index contributed by atoms with van der Waals surface area (Å²) in [4.78, 5) is 80.5. The van der Waals surface area contributed by atoms with E-state index < -0.39 is 47.7 Å². The lowest BCUT2D eigenvalue weighted by molar-refractivity contribution is -0.170. The maximum Gasteiger partial charge on any atom is 0.471 e. The number of benzene rings is 1. The Balaban J connectivity index is 1.59. The van der Waals surface area contributed by atoms with Gasteiger partial charge < -0.3 is 30.0 Å². The van der Waals surface area contributed by atoms with Gasteiger partial charge in [0.15, 0.2) is 11.2 Å². The molecule has 0 bridgehead atoms. The van der Waals surface area contributed by atoms with Gasteiger partial charge in [0.25, 0.3) is 11.5 Å². The smallest absolute Gasteiger partial charge is 0.458 e. The Morgan fingerprint density at radius 3 is 2.25 bits per heavy atom. The molecule has 56 heavy (non-hydrogen) atoms. The van der Waals surface area contributed by atoms with Crippen molar-refractivity contribution >= 4 is 46.4 Å². The molecule has 3 rings (SSSR count). The molecule has 2 heterocycles. The number of nitrogens with zero attached hydrogens (tertiary/aromatic N) is 7. The lowest BCUT2D eigenvalue weighted by Crippen LogP contribution is -2.44. The summed E-state index contributed by atoms with van der Waals surface area (Å²) in [5, 5.41) is 5.88. The molecule has 4 N–H and O–H groups in total. The van der Waals surface area contributed by atoms with Crippen LogP contribution in [0, 0.1) is 0 Å². The molecule has 3 aromatic rings. The molecule has 0 aliphatic carbocycles. The number of alkyl halides is 3. The van der Waals surface area contributed by atoms with E-state index in [1.807, 2.05) is 0 Å². The fourth-order valence-corrected chi connectivity index (χ4v) is 4.79. The van der Waals surface area contributed by atoms with Gasteiger partial charge in [0.2, 0.25) is 5.95 Å². The number of amides is 2. The molecule has 0 fully saturated rings. The monoisotopic (exact) mass is 792 g/mol. The highest BCUT2D eigenvalue weighted by Crippen LogP contribution is 2.26. The highest BCUT2D eigenvalue weighted by molar-refractivity contribution is 5.99. The molecule has 2 amide bonds. The van der Waals surface area contributed by atoms with Crippen molar-refractivity contribution in [1.29, 1.82) is 0 Å². The molecule has 19 nitrogen and oxygen atoms in total. The van der Waals surface area contributed by atoms with Gasteiger partial charge in [0, 0.05) is 42.2 Å². The van der Waals surface area contributed by atoms with Gasteiger partial charge in [-0.2, -0.15) is 18.2 Å². The minimum atomic E-state index is -5.30. The minimum absolute atomic E-state index is 0.0760. The standard InChI is InChI=1S/C34H43F3N10O9/c1-33(2,3)56-30(51)25(11-10-24(48)5-4-13-53-15-17-55-18-16-54-14-12-41-46-39)43-28(49)21-6-8-23(9-7-21)47(31(52)34(35,36)37)20-22-19-40-27-26(42-22)29(50)45-32(38)44-27/h6-9,19,25H,4-5,10-18,20H2,1-3H3,(H,43,49)(H3,38,40,44,45,50)/t25-/m0/s1. The van der Waals surface area contributed by atoms with E-state index in [2.05, 4.69) is 35.3 Å². The summed E-state index contributed by atoms with van der Waals surface area (Å²) in [6.45, 7) is 6.23. The lowest BCUT2D eigenvalue weighted by Gasteiger charge is -2.25. The predicted octanol–water partition coefficient (Wildman–Crippen LogP) is 3.32. The normalized spacial score (nSPS) is 12.1. The lowest BCUT2D eigenvalue weighted by atomic mass is 10.0. The molecular formula is C34H43F3N10O9. The zero-order valence-corrected chi connectivity index (χ0v) is 31.0. The average molecular weight is 793 g/mol. The number of ether oxygens (including phenoxy) is 4. The number of H-pyrrole nitrogens is 1. The first-order chi connectivity index (χ1) is 26.5. The molecule has 304 valence electrons. The number of Topliss-reactive ketones (excluding diaryl/α,β-unsaturated/α-hetero) is 1. The van der Waals surface area contributed by atoms with Crippen molar-refractivity contribution in [3.8, 4) is 0 Å². The predicted molar refractivity (Wildman–Crippen MR) is 193 cm³/mol. The molecule has 0 aliphatic heterocycles. The van der Waals surface area contributed by atoms with Crippen LogP contribution in [0.1, 0.15) is 62.5 Å². The number of halogens is 3. The van der Waals surface area contributed by atoms with Crippen molar-refractivity contribution in [2.24, 2.45) is 5.11 Å². The summed E-state index contributed by atoms with van der Waals surface area (Å²) in [6, 6.07) is 3.23. The van der Waals surface area contributed by atoms with Crippen LogP contribution in [0.4, 0.5) is 24.8 Å². The molecule has 22 heteroatoms. The SMILES string of the molecule is CC(C)(C)OC(=O)[C@H](CCC(=O)CCCOCCOCCOCCN=[N+]=[N-])NC(=O)c1ccc(N(Cc2cnc3nc(N)[nH]c(=O)c3n2)C(=O)C(F)(F)F)cc1. The molecule has 0 saturated carbocycles. The Bertz CT molecular complexity index is 1910. The molecule has 0 aliphatic rings. The summed E-state index contributed by atoms with van der Waals surface area (Å²) in [5.41, 5.74) is 11.0. The van der Waals surface area contributed by atoms with Gasteiger partial charge >= 0.3 is 18.1 Å². The molecule has 0 saturated heterocycles. The summed E-state index contributed by atoms with van der Waals surface area (Å²) >= 11 is 0. The van der Waals surface area contributed by atoms with E-state index in [4.69, 9.17) is 30.2 Å². The molecule has 1 aromatic carbocycles. The zero-order chi connectivity index (χ0) is 41.3. The number of azide groups is 1. The van der Waals surface area contributed by atoms with Crippen LogP contribution in [-0.4, -0.2) is 108 Å². The second kappa shape index (κ2) is 21.4. The molecule has 0 unspecified atom stereocenters. The van der Waals surface area contributed by atoms with Gasteiger partial charge in [-0.25, -0.2) is 14.8 Å². The molecule has 0 spiro atoms. The van der Waals surface area contributed by atoms with Crippen LogP contribution < -0.4 is 21.5 Å². The van der Waals surface area contributed by atoms with E-state index >= 15 is 0 Å². The Morgan fingerprint density at radius 2 is 1.62 bits per heavy atom. The van der Waals surface area contributed by atoms with Crippen molar-refractivity contribution < 1.29 is 51.3 Å². The van der Waals surface area contributed by atoms with Gasteiger partial charge in [0.05, 0.1) is 51.5 Å². The first kappa shape index (κ1) is 44.7. The number of nitrogens with two attached hydrogens (primary N) is 1. The summed E-state index contributed by atoms with van der Waals surface area (Å²) in [7, 11) is 0. The van der Waals surface area contributed by atoms with Gasteiger partial charge in [-0.1, -0.05) is 5.11 Å². The summed E-state index contributed by atoms with van der Waals surface area (Å²) in [6.07, 6.45) is -3.88. The van der Waals surface area contributed by atoms with Crippen LogP contribution >= 0.6 is 0 Å². The van der Waals surface area contributed by atoms with E-state index in [0.717, 1.165) is 30.5 Å². The van der Waals surface area contributed by atoms with Crippen molar-refractivity contribution in [2.45, 2.75) is 70.8 Å². The number of carbonyl (C=O) groups excluding carboxylic acids is 4. The number of aromatic amines is 1. The number of esters is 1. The summed E-state index contributed by atoms with van der Waals surface area (Å²) < 4.78 is 62.5. The van der Waals surface area contributed by atoms with E-state index in [1.165, 1.54) is 0 Å². The molecule has 0 radical (unpaired) electrons. The Morgan fingerprint density at radius 1 is 0.982 bits per heavy atom. The van der Waals surface area contributed by atoms with Crippen molar-refractivity contribution in [2.75, 3.05) is 56.8 Å². The quantitative estimate of drug-likeness (QED) is 0.0434. The fraction of sp³-hybridized carbons (Fsp3) is 0.529. The number of carbonyl (C=O) groups is 4. The topological polar surface area (TPSA) is 267 Å². The van der Waals surface area contributed by atoms with E-state index in [9.17, 15) is 37.1 Å². The summed E-state index contributed by atoms with van der Waals surface area (Å²) in [5.74, 6) is -4.28. The second-order valence-electron chi connectivity index (χ2n) is 13.0. The Labute approximate surface area is 318 Å². The van der Waals surface area contributed by atoms with Crippen LogP contribution in [0.5, 0.6) is 0 Å². The van der Waals surface area contributed by atoms with Crippen molar-refractivity contribution in [3.63, 3.8) is 0 Å². The third-order valence-electron chi connectivity index (χ3n) is 7.33. The number of nitrogen functional groups attached to an aromatic ring is 1. The third kappa shape index (κ3) is 15.2. The van der Waals surface area contributed by atoms with Gasteiger partial charge in [-0.3, -0.25) is 29.1 Å². The van der Waals surface area contributed by atoms with Crippen molar-refractivity contribution in [3.05, 3.63) is 62.5 Å². The first-order valence-corrected chi connectivity index (χ1v) is 17.3. The molecular weight excluding hydrogens is 749 g/mol. The number of rotatable bonds is 22. The highest BCUT2D eigenvalue weighted by Gasteiger charge is 2.43. The number of nitrogens with one attached hydrogen (secondary N) is 2. The van der Waals surface area contributed by atoms with Gasteiger partial charge in [-0.15, -0.1) is 0 Å². The van der Waals surface area contributed by atoms with Gasteiger partial charge in [0.1, 0.15) is 17.4 Å². The zero-order valence-electron chi connectivity index (χ0n) is 31.0. The van der Waals surface area contributed by atoms with E-state index in [0.29, 0.717) is 44.4 Å². The third-order valence-corrected chi connectivity index (χ3v) is 7.33.